The number of carbonyl (C=O) groups is 1. The number of anilines is 1. The van der Waals surface area contributed by atoms with Crippen LogP contribution >= 0.6 is 0 Å². The molecule has 0 spiro atoms. The van der Waals surface area contributed by atoms with Crippen LogP contribution in [-0.4, -0.2) is 65.3 Å². The fourth-order valence-electron chi connectivity index (χ4n) is 4.93. The Morgan fingerprint density at radius 2 is 1.91 bits per heavy atom. The molecule has 1 fully saturated rings. The molecule has 4 N–H and O–H groups in total. The molecule has 1 amide bonds. The number of nitrogens with zero attached hydrogens (tertiary/aromatic N) is 2. The van der Waals surface area contributed by atoms with E-state index in [4.69, 9.17) is 0 Å². The Kier molecular flexibility index (Phi) is 7.10. The third kappa shape index (κ3) is 5.60. The summed E-state index contributed by atoms with van der Waals surface area (Å²) in [6, 6.07) is 12.9. The highest BCUT2D eigenvalue weighted by atomic mass is 16.3. The standard InChI is InChI=1S/C26H36N4O3/c1-17(2)25(28-26(33)24-12-19-7-8-23(32)11-20(19)14-27-24)16-29-9-10-30(18(3)15-29)21-5-4-6-22(31)13-21/h4-8,11,13,17-18,24-25,27,31-32H,9-10,12,14-16H2,1-3H3,(H,28,33)/t18-,24-,25-/m1/s1. The molecule has 0 saturated carbocycles. The smallest absolute Gasteiger partial charge is 0.237 e. The van der Waals surface area contributed by atoms with Gasteiger partial charge in [-0.05, 0) is 54.7 Å². The van der Waals surface area contributed by atoms with Crippen molar-refractivity contribution in [3.63, 3.8) is 0 Å². The average molecular weight is 453 g/mol. The molecule has 4 rings (SSSR count). The van der Waals surface area contributed by atoms with Gasteiger partial charge in [0.05, 0.1) is 6.04 Å². The first-order chi connectivity index (χ1) is 15.8. The molecule has 0 aliphatic carbocycles. The Hall–Kier alpha value is -2.77. The zero-order chi connectivity index (χ0) is 23.5. The lowest BCUT2D eigenvalue weighted by atomic mass is 9.94. The summed E-state index contributed by atoms with van der Waals surface area (Å²) in [5.41, 5.74) is 3.22. The highest BCUT2D eigenvalue weighted by molar-refractivity contribution is 5.82. The fraction of sp³-hybridized carbons (Fsp3) is 0.500. The van der Waals surface area contributed by atoms with E-state index >= 15 is 0 Å². The maximum absolute atomic E-state index is 13.1. The Balaban J connectivity index is 1.34. The van der Waals surface area contributed by atoms with Crippen LogP contribution in [0.4, 0.5) is 5.69 Å². The molecule has 33 heavy (non-hydrogen) atoms. The van der Waals surface area contributed by atoms with Gasteiger partial charge in [0.25, 0.3) is 0 Å². The Morgan fingerprint density at radius 1 is 1.12 bits per heavy atom. The van der Waals surface area contributed by atoms with Crippen LogP contribution in [0.1, 0.15) is 31.9 Å². The number of phenols is 2. The van der Waals surface area contributed by atoms with Gasteiger partial charge in [-0.1, -0.05) is 26.0 Å². The Morgan fingerprint density at radius 3 is 2.64 bits per heavy atom. The summed E-state index contributed by atoms with van der Waals surface area (Å²) in [6.45, 7) is 10.6. The normalized spacial score (nSPS) is 22.1. The molecular weight excluding hydrogens is 416 g/mol. The molecule has 7 nitrogen and oxygen atoms in total. The number of hydrogen-bond acceptors (Lipinski definition) is 6. The van der Waals surface area contributed by atoms with Gasteiger partial charge in [-0.15, -0.1) is 0 Å². The predicted octanol–water partition coefficient (Wildman–Crippen LogP) is 2.46. The molecule has 3 atom stereocenters. The van der Waals surface area contributed by atoms with Crippen molar-refractivity contribution in [2.45, 2.75) is 51.9 Å². The third-order valence-electron chi connectivity index (χ3n) is 6.93. The van der Waals surface area contributed by atoms with Gasteiger partial charge in [0, 0.05) is 56.6 Å². The lowest BCUT2D eigenvalue weighted by Gasteiger charge is -2.43. The topological polar surface area (TPSA) is 88.1 Å². The minimum Gasteiger partial charge on any atom is -0.508 e. The molecule has 2 aromatic carbocycles. The second-order valence-corrected chi connectivity index (χ2v) is 9.77. The molecule has 2 aliphatic rings. The first-order valence-corrected chi connectivity index (χ1v) is 11.9. The lowest BCUT2D eigenvalue weighted by Crippen LogP contribution is -2.58. The molecule has 2 heterocycles. The van der Waals surface area contributed by atoms with E-state index in [1.54, 1.807) is 18.2 Å². The van der Waals surface area contributed by atoms with Crippen molar-refractivity contribution in [2.75, 3.05) is 31.1 Å². The van der Waals surface area contributed by atoms with Crippen LogP contribution in [0.25, 0.3) is 0 Å². The van der Waals surface area contributed by atoms with E-state index in [2.05, 4.69) is 41.2 Å². The molecule has 0 aromatic heterocycles. The van der Waals surface area contributed by atoms with Crippen LogP contribution in [0.2, 0.25) is 0 Å². The van der Waals surface area contributed by atoms with Crippen LogP contribution in [-0.2, 0) is 17.8 Å². The van der Waals surface area contributed by atoms with Crippen LogP contribution in [0.5, 0.6) is 11.5 Å². The zero-order valence-corrected chi connectivity index (χ0v) is 19.8. The number of fused-ring (bicyclic) bond motifs is 1. The molecule has 1 saturated heterocycles. The van der Waals surface area contributed by atoms with Gasteiger partial charge in [-0.25, -0.2) is 0 Å². The number of phenolic OH excluding ortho intramolecular Hbond substituents is 2. The molecular formula is C26H36N4O3. The molecule has 178 valence electrons. The Bertz CT molecular complexity index is 980. The van der Waals surface area contributed by atoms with Gasteiger partial charge in [0.2, 0.25) is 5.91 Å². The number of amides is 1. The summed E-state index contributed by atoms with van der Waals surface area (Å²) in [5.74, 6) is 0.914. The second-order valence-electron chi connectivity index (χ2n) is 9.77. The zero-order valence-electron chi connectivity index (χ0n) is 19.8. The quantitative estimate of drug-likeness (QED) is 0.539. The Labute approximate surface area is 196 Å². The van der Waals surface area contributed by atoms with E-state index < -0.39 is 0 Å². The largest absolute Gasteiger partial charge is 0.508 e. The van der Waals surface area contributed by atoms with Crippen molar-refractivity contribution < 1.29 is 15.0 Å². The minimum atomic E-state index is -0.259. The van der Waals surface area contributed by atoms with Crippen molar-refractivity contribution in [1.29, 1.82) is 0 Å². The molecule has 0 unspecified atom stereocenters. The van der Waals surface area contributed by atoms with Crippen LogP contribution in [0.3, 0.4) is 0 Å². The number of piperazine rings is 1. The van der Waals surface area contributed by atoms with E-state index in [1.165, 1.54) is 0 Å². The van der Waals surface area contributed by atoms with Gasteiger partial charge < -0.3 is 25.7 Å². The van der Waals surface area contributed by atoms with Crippen LogP contribution < -0.4 is 15.5 Å². The van der Waals surface area contributed by atoms with Crippen LogP contribution in [0, 0.1) is 5.92 Å². The van der Waals surface area contributed by atoms with E-state index in [0.29, 0.717) is 30.7 Å². The SMILES string of the molecule is CC(C)[C@@H](CN1CCN(c2cccc(O)c2)[C@H](C)C1)NC(=O)[C@H]1Cc2ccc(O)cc2CN1. The summed E-state index contributed by atoms with van der Waals surface area (Å²) < 4.78 is 0. The predicted molar refractivity (Wildman–Crippen MR) is 131 cm³/mol. The van der Waals surface area contributed by atoms with Crippen molar-refractivity contribution in [3.8, 4) is 11.5 Å². The number of rotatable bonds is 6. The van der Waals surface area contributed by atoms with Crippen molar-refractivity contribution in [3.05, 3.63) is 53.6 Å². The number of hydrogen-bond donors (Lipinski definition) is 4. The average Bonchev–Trinajstić information content (AvgIpc) is 2.78. The molecule has 0 radical (unpaired) electrons. The molecule has 2 aliphatic heterocycles. The molecule has 0 bridgehead atoms. The fourth-order valence-corrected chi connectivity index (χ4v) is 4.93. The summed E-state index contributed by atoms with van der Waals surface area (Å²) in [7, 11) is 0. The highest BCUT2D eigenvalue weighted by Crippen LogP contribution is 2.25. The highest BCUT2D eigenvalue weighted by Gasteiger charge is 2.30. The summed E-state index contributed by atoms with van der Waals surface area (Å²) in [5, 5.41) is 26.1. The van der Waals surface area contributed by atoms with Gasteiger partial charge >= 0.3 is 0 Å². The summed E-state index contributed by atoms with van der Waals surface area (Å²) >= 11 is 0. The molecule has 7 heteroatoms. The van der Waals surface area contributed by atoms with E-state index in [-0.39, 0.29) is 23.7 Å². The maximum Gasteiger partial charge on any atom is 0.237 e. The van der Waals surface area contributed by atoms with Gasteiger partial charge in [-0.3, -0.25) is 9.69 Å². The lowest BCUT2D eigenvalue weighted by molar-refractivity contribution is -0.124. The minimum absolute atomic E-state index is 0.0406. The van der Waals surface area contributed by atoms with Crippen LogP contribution in [0.15, 0.2) is 42.5 Å². The monoisotopic (exact) mass is 452 g/mol. The van der Waals surface area contributed by atoms with Crippen molar-refractivity contribution >= 4 is 11.6 Å². The number of aromatic hydroxyl groups is 2. The van der Waals surface area contributed by atoms with Gasteiger partial charge in [-0.2, -0.15) is 0 Å². The van der Waals surface area contributed by atoms with Gasteiger partial charge in [0.1, 0.15) is 11.5 Å². The van der Waals surface area contributed by atoms with E-state index in [0.717, 1.165) is 43.0 Å². The number of benzene rings is 2. The first kappa shape index (κ1) is 23.4. The number of nitrogens with one attached hydrogen (secondary N) is 2. The third-order valence-corrected chi connectivity index (χ3v) is 6.93. The second kappa shape index (κ2) is 10.0. The van der Waals surface area contributed by atoms with E-state index in [9.17, 15) is 15.0 Å². The van der Waals surface area contributed by atoms with Gasteiger partial charge in [0.15, 0.2) is 0 Å². The number of carbonyl (C=O) groups excluding carboxylic acids is 1. The van der Waals surface area contributed by atoms with Crippen molar-refractivity contribution in [2.24, 2.45) is 5.92 Å². The molecule has 2 aromatic rings. The van der Waals surface area contributed by atoms with Crippen molar-refractivity contribution in [1.82, 2.24) is 15.5 Å². The summed E-state index contributed by atoms with van der Waals surface area (Å²) in [6.07, 6.45) is 0.631. The first-order valence-electron chi connectivity index (χ1n) is 11.9. The van der Waals surface area contributed by atoms with E-state index in [1.807, 2.05) is 24.3 Å². The maximum atomic E-state index is 13.1. The summed E-state index contributed by atoms with van der Waals surface area (Å²) in [4.78, 5) is 17.9.